The molecule has 16 heavy (non-hydrogen) atoms. The third kappa shape index (κ3) is 4.03. The number of hydrogen-bond donors (Lipinski definition) is 1. The molecular formula is C13H22ClNO. The second kappa shape index (κ2) is 7.53. The van der Waals surface area contributed by atoms with Gasteiger partial charge >= 0.3 is 0 Å². The van der Waals surface area contributed by atoms with Crippen molar-refractivity contribution in [3.05, 3.63) is 29.3 Å². The summed E-state index contributed by atoms with van der Waals surface area (Å²) in [4.78, 5) is 0. The van der Waals surface area contributed by atoms with Gasteiger partial charge in [-0.3, -0.25) is 0 Å². The molecule has 0 aliphatic rings. The van der Waals surface area contributed by atoms with E-state index in [1.54, 1.807) is 0 Å². The molecule has 92 valence electrons. The molecule has 1 rings (SSSR count). The van der Waals surface area contributed by atoms with Gasteiger partial charge in [0, 0.05) is 6.04 Å². The third-order valence-corrected chi connectivity index (χ3v) is 2.43. The van der Waals surface area contributed by atoms with Crippen molar-refractivity contribution >= 4 is 12.4 Å². The van der Waals surface area contributed by atoms with Crippen molar-refractivity contribution in [3.8, 4) is 5.75 Å². The minimum Gasteiger partial charge on any atom is -0.491 e. The Labute approximate surface area is 105 Å². The highest BCUT2D eigenvalue weighted by Crippen LogP contribution is 2.25. The minimum absolute atomic E-state index is 0. The van der Waals surface area contributed by atoms with Crippen LogP contribution in [0.5, 0.6) is 5.75 Å². The zero-order chi connectivity index (χ0) is 11.3. The maximum Gasteiger partial charge on any atom is 0.125 e. The molecule has 0 bridgehead atoms. The molecule has 1 aromatic rings. The highest BCUT2D eigenvalue weighted by molar-refractivity contribution is 5.85. The molecule has 0 heterocycles. The van der Waals surface area contributed by atoms with Crippen LogP contribution >= 0.6 is 12.4 Å². The van der Waals surface area contributed by atoms with E-state index in [-0.39, 0.29) is 18.4 Å². The summed E-state index contributed by atoms with van der Waals surface area (Å²) in [6, 6.07) is 6.42. The number of hydrogen-bond acceptors (Lipinski definition) is 2. The first-order valence-electron chi connectivity index (χ1n) is 5.68. The number of ether oxygens (including phenoxy) is 1. The van der Waals surface area contributed by atoms with Crippen molar-refractivity contribution in [3.63, 3.8) is 0 Å². The fourth-order valence-electron chi connectivity index (χ4n) is 1.60. The lowest BCUT2D eigenvalue weighted by atomic mass is 10.0. The monoisotopic (exact) mass is 243 g/mol. The van der Waals surface area contributed by atoms with Crippen molar-refractivity contribution in [2.45, 2.75) is 39.7 Å². The van der Waals surface area contributed by atoms with Crippen molar-refractivity contribution in [1.29, 1.82) is 0 Å². The third-order valence-electron chi connectivity index (χ3n) is 2.43. The Kier molecular flexibility index (Phi) is 7.18. The quantitative estimate of drug-likeness (QED) is 0.863. The molecule has 0 saturated heterocycles. The van der Waals surface area contributed by atoms with Gasteiger partial charge in [0.2, 0.25) is 0 Å². The highest BCUT2D eigenvalue weighted by atomic mass is 35.5. The summed E-state index contributed by atoms with van der Waals surface area (Å²) in [6.45, 7) is 6.84. The van der Waals surface area contributed by atoms with Crippen LogP contribution in [-0.2, 0) is 12.8 Å². The number of nitrogens with two attached hydrogens (primary N) is 1. The van der Waals surface area contributed by atoms with Gasteiger partial charge in [-0.05, 0) is 30.9 Å². The van der Waals surface area contributed by atoms with Crippen molar-refractivity contribution in [2.75, 3.05) is 6.61 Å². The molecule has 1 aromatic carbocycles. The zero-order valence-electron chi connectivity index (χ0n) is 10.3. The molecule has 1 unspecified atom stereocenters. The second-order valence-corrected chi connectivity index (χ2v) is 3.90. The van der Waals surface area contributed by atoms with Crippen LogP contribution in [0.15, 0.2) is 18.2 Å². The van der Waals surface area contributed by atoms with Crippen LogP contribution in [-0.4, -0.2) is 12.6 Å². The van der Waals surface area contributed by atoms with Crippen LogP contribution < -0.4 is 10.5 Å². The van der Waals surface area contributed by atoms with Gasteiger partial charge in [0.15, 0.2) is 0 Å². The molecule has 1 atom stereocenters. The number of benzene rings is 1. The summed E-state index contributed by atoms with van der Waals surface area (Å²) in [7, 11) is 0. The van der Waals surface area contributed by atoms with E-state index in [4.69, 9.17) is 10.5 Å². The standard InChI is InChI=1S/C13H21NO.ClH/c1-4-11-7-6-8-12(5-2)13(11)15-9-10(3)14;/h6-8,10H,4-5,9,14H2,1-3H3;1H. The summed E-state index contributed by atoms with van der Waals surface area (Å²) in [5.41, 5.74) is 8.24. The first-order chi connectivity index (χ1) is 7.19. The Morgan fingerprint density at radius 2 is 1.69 bits per heavy atom. The van der Waals surface area contributed by atoms with E-state index in [0.29, 0.717) is 6.61 Å². The Hall–Kier alpha value is -0.730. The summed E-state index contributed by atoms with van der Waals surface area (Å²) in [5.74, 6) is 1.04. The van der Waals surface area contributed by atoms with Crippen LogP contribution in [0.2, 0.25) is 0 Å². The van der Waals surface area contributed by atoms with Crippen LogP contribution in [0.4, 0.5) is 0 Å². The van der Waals surface area contributed by atoms with E-state index in [1.807, 2.05) is 6.92 Å². The van der Waals surface area contributed by atoms with Gasteiger partial charge < -0.3 is 10.5 Å². The van der Waals surface area contributed by atoms with Gasteiger partial charge in [-0.25, -0.2) is 0 Å². The maximum absolute atomic E-state index is 5.79. The Bertz CT molecular complexity index is 291. The first-order valence-corrected chi connectivity index (χ1v) is 5.68. The number of aryl methyl sites for hydroxylation is 2. The van der Waals surface area contributed by atoms with Gasteiger partial charge in [0.25, 0.3) is 0 Å². The number of rotatable bonds is 5. The zero-order valence-corrected chi connectivity index (χ0v) is 11.1. The average Bonchev–Trinajstić information content (AvgIpc) is 2.25. The van der Waals surface area contributed by atoms with E-state index >= 15 is 0 Å². The Balaban J connectivity index is 0.00000225. The lowest BCUT2D eigenvalue weighted by Crippen LogP contribution is -2.24. The topological polar surface area (TPSA) is 35.2 Å². The molecule has 0 aromatic heterocycles. The number of para-hydroxylation sites is 1. The molecule has 0 radical (unpaired) electrons. The van der Waals surface area contributed by atoms with Gasteiger partial charge in [0.05, 0.1) is 0 Å². The molecule has 0 spiro atoms. The molecule has 2 N–H and O–H groups in total. The molecule has 2 nitrogen and oxygen atoms in total. The lowest BCUT2D eigenvalue weighted by Gasteiger charge is -2.15. The van der Waals surface area contributed by atoms with Crippen molar-refractivity contribution in [2.24, 2.45) is 5.73 Å². The molecular weight excluding hydrogens is 222 g/mol. The molecule has 0 saturated carbocycles. The maximum atomic E-state index is 5.79. The largest absolute Gasteiger partial charge is 0.491 e. The van der Waals surface area contributed by atoms with E-state index in [0.717, 1.165) is 18.6 Å². The normalized spacial score (nSPS) is 11.8. The van der Waals surface area contributed by atoms with Crippen LogP contribution in [0.25, 0.3) is 0 Å². The second-order valence-electron chi connectivity index (χ2n) is 3.90. The van der Waals surface area contributed by atoms with Crippen LogP contribution in [0, 0.1) is 0 Å². The SMILES string of the molecule is CCc1cccc(CC)c1OCC(C)N.Cl. The van der Waals surface area contributed by atoms with Crippen molar-refractivity contribution < 1.29 is 4.74 Å². The van der Waals surface area contributed by atoms with E-state index < -0.39 is 0 Å². The first kappa shape index (κ1) is 15.3. The Morgan fingerprint density at radius 1 is 1.19 bits per heavy atom. The van der Waals surface area contributed by atoms with E-state index in [9.17, 15) is 0 Å². The molecule has 0 aliphatic heterocycles. The minimum atomic E-state index is 0. The molecule has 0 fully saturated rings. The van der Waals surface area contributed by atoms with Crippen LogP contribution in [0.3, 0.4) is 0 Å². The lowest BCUT2D eigenvalue weighted by molar-refractivity contribution is 0.291. The van der Waals surface area contributed by atoms with Crippen molar-refractivity contribution in [1.82, 2.24) is 0 Å². The number of halogens is 1. The highest BCUT2D eigenvalue weighted by Gasteiger charge is 2.07. The van der Waals surface area contributed by atoms with Crippen LogP contribution in [0.1, 0.15) is 31.9 Å². The summed E-state index contributed by atoms with van der Waals surface area (Å²) in [6.07, 6.45) is 2.00. The average molecular weight is 244 g/mol. The fourth-order valence-corrected chi connectivity index (χ4v) is 1.60. The van der Waals surface area contributed by atoms with E-state index in [1.165, 1.54) is 11.1 Å². The predicted molar refractivity (Wildman–Crippen MR) is 71.6 cm³/mol. The van der Waals surface area contributed by atoms with Gasteiger partial charge in [-0.2, -0.15) is 0 Å². The van der Waals surface area contributed by atoms with Gasteiger partial charge in [0.1, 0.15) is 12.4 Å². The predicted octanol–water partition coefficient (Wildman–Crippen LogP) is 2.96. The molecule has 0 amide bonds. The Morgan fingerprint density at radius 3 is 2.06 bits per heavy atom. The molecule has 3 heteroatoms. The van der Waals surface area contributed by atoms with Gasteiger partial charge in [-0.1, -0.05) is 32.0 Å². The smallest absolute Gasteiger partial charge is 0.125 e. The molecule has 0 aliphatic carbocycles. The van der Waals surface area contributed by atoms with E-state index in [2.05, 4.69) is 32.0 Å². The summed E-state index contributed by atoms with van der Waals surface area (Å²) < 4.78 is 5.79. The summed E-state index contributed by atoms with van der Waals surface area (Å²) in [5, 5.41) is 0. The fraction of sp³-hybridized carbons (Fsp3) is 0.538. The van der Waals surface area contributed by atoms with Gasteiger partial charge in [-0.15, -0.1) is 12.4 Å². The summed E-state index contributed by atoms with van der Waals surface area (Å²) >= 11 is 0.